The number of aliphatic imine (C=N–C) groups is 2. The molecule has 6 nitrogen and oxygen atoms in total. The summed E-state index contributed by atoms with van der Waals surface area (Å²) in [7, 11) is 2.91. The first kappa shape index (κ1) is 23.8. The second-order valence-corrected chi connectivity index (χ2v) is 4.83. The van der Waals surface area contributed by atoms with E-state index in [-0.39, 0.29) is 52.5 Å². The summed E-state index contributed by atoms with van der Waals surface area (Å²) in [4.78, 5) is 8.34. The van der Waals surface area contributed by atoms with E-state index in [9.17, 15) is 10.2 Å². The number of para-hydroxylation sites is 2. The van der Waals surface area contributed by atoms with E-state index in [0.717, 1.165) is 0 Å². The number of nitrogens with zero attached hydrogens (tertiary/aromatic N) is 2. The minimum absolute atomic E-state index is 0. The molecule has 0 unspecified atom stereocenters. The van der Waals surface area contributed by atoms with Crippen LogP contribution < -0.4 is 32.1 Å². The zero-order valence-corrected chi connectivity index (χ0v) is 16.3. The molecule has 0 aliphatic carbocycles. The Morgan fingerprint density at radius 3 is 1.54 bits per heavy atom. The first-order valence-electron chi connectivity index (χ1n) is 7.35. The monoisotopic (exact) mass is 416 g/mol. The molecule has 0 spiro atoms. The van der Waals surface area contributed by atoms with Crippen molar-refractivity contribution in [1.29, 1.82) is 0 Å². The minimum Gasteiger partial charge on any atom is -1.00 e. The third-order valence-corrected chi connectivity index (χ3v) is 3.28. The molecule has 0 amide bonds. The van der Waals surface area contributed by atoms with Gasteiger partial charge in [-0.2, -0.15) is 0 Å². The van der Waals surface area contributed by atoms with Gasteiger partial charge in [0.25, 0.3) is 0 Å². The van der Waals surface area contributed by atoms with Gasteiger partial charge >= 0.3 is 17.1 Å². The molecule has 0 N–H and O–H groups in total. The maximum Gasteiger partial charge on any atom is 3.00 e. The fraction of sp³-hybridized carbons (Fsp3) is 0.222. The average Bonchev–Trinajstić information content (AvgIpc) is 2.60. The van der Waals surface area contributed by atoms with Crippen LogP contribution in [0.4, 0.5) is 0 Å². The van der Waals surface area contributed by atoms with E-state index in [1.807, 2.05) is 0 Å². The molecule has 0 saturated heterocycles. The van der Waals surface area contributed by atoms with Crippen molar-refractivity contribution < 1.29 is 49.2 Å². The van der Waals surface area contributed by atoms with Gasteiger partial charge in [0.1, 0.15) is 11.5 Å². The van der Waals surface area contributed by atoms with E-state index in [0.29, 0.717) is 24.2 Å². The van der Waals surface area contributed by atoms with Crippen molar-refractivity contribution in [3.63, 3.8) is 0 Å². The summed E-state index contributed by atoms with van der Waals surface area (Å²) >= 11 is 0. The Balaban J connectivity index is 0.00000312. The standard InChI is InChI=1S/C18H20N2O4.ClH.Mn/c1-23-15-7-3-5-13(17(15)21)11-19-9-10-20-12-14-6-4-8-16(24-2)18(14)22;;/h3-8,11-12,21-22H,9-10H2,1-2H3;1H;/q;;+3/p-3. The summed E-state index contributed by atoms with van der Waals surface area (Å²) in [6, 6.07) is 10.0. The number of rotatable bonds is 7. The molecular weight excluding hydrogens is 399 g/mol. The van der Waals surface area contributed by atoms with Crippen LogP contribution in [0.5, 0.6) is 23.0 Å². The number of ether oxygens (including phenoxy) is 2. The maximum absolute atomic E-state index is 11.9. The zero-order valence-electron chi connectivity index (χ0n) is 14.3. The summed E-state index contributed by atoms with van der Waals surface area (Å²) in [5.74, 6) is 0.190. The van der Waals surface area contributed by atoms with Crippen LogP contribution in [0.3, 0.4) is 0 Å². The minimum atomic E-state index is -0.195. The number of halogens is 1. The molecule has 0 aliphatic heterocycles. The quantitative estimate of drug-likeness (QED) is 0.309. The van der Waals surface area contributed by atoms with Crippen LogP contribution in [-0.4, -0.2) is 39.7 Å². The summed E-state index contributed by atoms with van der Waals surface area (Å²) in [6.07, 6.45) is 3.01. The van der Waals surface area contributed by atoms with Crippen molar-refractivity contribution in [3.8, 4) is 23.0 Å². The van der Waals surface area contributed by atoms with Crippen molar-refractivity contribution in [2.45, 2.75) is 0 Å². The van der Waals surface area contributed by atoms with E-state index < -0.39 is 0 Å². The summed E-state index contributed by atoms with van der Waals surface area (Å²) in [6.45, 7) is 0.816. The molecule has 0 bridgehead atoms. The van der Waals surface area contributed by atoms with Gasteiger partial charge in [-0.05, 0) is 23.3 Å². The summed E-state index contributed by atoms with van der Waals surface area (Å²) < 4.78 is 9.94. The summed E-state index contributed by atoms with van der Waals surface area (Å²) in [5, 5.41) is 23.8. The predicted molar refractivity (Wildman–Crippen MR) is 89.8 cm³/mol. The van der Waals surface area contributed by atoms with Crippen LogP contribution in [-0.2, 0) is 17.1 Å². The Hall–Kier alpha value is -2.21. The Kier molecular flexibility index (Phi) is 11.2. The van der Waals surface area contributed by atoms with Crippen molar-refractivity contribution in [1.82, 2.24) is 0 Å². The van der Waals surface area contributed by atoms with Crippen molar-refractivity contribution in [2.75, 3.05) is 27.3 Å². The van der Waals surface area contributed by atoms with Crippen molar-refractivity contribution >= 4 is 12.4 Å². The predicted octanol–water partition coefficient (Wildman–Crippen LogP) is -1.61. The molecule has 0 atom stereocenters. The van der Waals surface area contributed by atoms with Crippen LogP contribution in [0.25, 0.3) is 0 Å². The molecule has 0 saturated carbocycles. The van der Waals surface area contributed by atoms with Crippen LogP contribution in [0, 0.1) is 0 Å². The van der Waals surface area contributed by atoms with Crippen molar-refractivity contribution in [3.05, 3.63) is 47.5 Å². The molecule has 2 aromatic rings. The van der Waals surface area contributed by atoms with Crippen molar-refractivity contribution in [2.24, 2.45) is 9.98 Å². The fourth-order valence-corrected chi connectivity index (χ4v) is 2.03. The molecule has 0 aliphatic rings. The van der Waals surface area contributed by atoms with Gasteiger partial charge in [-0.3, -0.25) is 9.98 Å². The van der Waals surface area contributed by atoms with E-state index >= 15 is 0 Å². The van der Waals surface area contributed by atoms with Gasteiger partial charge in [0.15, 0.2) is 0 Å². The number of benzene rings is 2. The third-order valence-electron chi connectivity index (χ3n) is 3.28. The third kappa shape index (κ3) is 6.26. The van der Waals surface area contributed by atoms with E-state index in [4.69, 9.17) is 9.47 Å². The number of hydrogen-bond acceptors (Lipinski definition) is 6. The Morgan fingerprint density at radius 1 is 0.808 bits per heavy atom. The van der Waals surface area contributed by atoms with E-state index in [1.165, 1.54) is 26.6 Å². The number of hydrogen-bond donors (Lipinski definition) is 0. The van der Waals surface area contributed by atoms with Gasteiger partial charge in [-0.25, -0.2) is 0 Å². The molecule has 2 aromatic carbocycles. The first-order valence-corrected chi connectivity index (χ1v) is 7.35. The normalized spacial score (nSPS) is 10.4. The molecular formula is C18H18ClMnN2O4. The first-order chi connectivity index (χ1) is 11.7. The SMILES string of the molecule is COc1cccc(C=NCCN=Cc2cccc(OC)c2[O-])c1[O-].[Cl-].[Mn+3]. The number of methoxy groups -OCH3 is 2. The smallest absolute Gasteiger partial charge is 1.00 e. The maximum atomic E-state index is 11.9. The van der Waals surface area contributed by atoms with Gasteiger partial charge in [0, 0.05) is 12.4 Å². The summed E-state index contributed by atoms with van der Waals surface area (Å²) in [5.41, 5.74) is 0.931. The van der Waals surface area contributed by atoms with Gasteiger partial charge in [0.2, 0.25) is 0 Å². The molecule has 0 fully saturated rings. The molecule has 0 aromatic heterocycles. The van der Waals surface area contributed by atoms with Crippen LogP contribution >= 0.6 is 0 Å². The van der Waals surface area contributed by atoms with Gasteiger partial charge in [-0.15, -0.1) is 0 Å². The molecule has 0 heterocycles. The molecule has 138 valence electrons. The van der Waals surface area contributed by atoms with Crippen LogP contribution in [0.15, 0.2) is 46.4 Å². The van der Waals surface area contributed by atoms with E-state index in [2.05, 4.69) is 9.98 Å². The van der Waals surface area contributed by atoms with Gasteiger partial charge in [0.05, 0.1) is 27.3 Å². The largest absolute Gasteiger partial charge is 3.00 e. The second kappa shape index (κ2) is 12.2. The second-order valence-electron chi connectivity index (χ2n) is 4.83. The van der Waals surface area contributed by atoms with E-state index in [1.54, 1.807) is 36.4 Å². The Morgan fingerprint density at radius 2 is 1.19 bits per heavy atom. The molecule has 8 heteroatoms. The Labute approximate surface area is 169 Å². The fourth-order valence-electron chi connectivity index (χ4n) is 2.03. The van der Waals surface area contributed by atoms with Gasteiger partial charge in [-0.1, -0.05) is 35.8 Å². The molecule has 0 radical (unpaired) electrons. The topological polar surface area (TPSA) is 89.3 Å². The van der Waals surface area contributed by atoms with Crippen LogP contribution in [0.1, 0.15) is 11.1 Å². The molecule has 26 heavy (non-hydrogen) atoms. The Bertz CT molecular complexity index is 690. The van der Waals surface area contributed by atoms with Gasteiger partial charge < -0.3 is 32.1 Å². The van der Waals surface area contributed by atoms with Crippen LogP contribution in [0.2, 0.25) is 0 Å². The average molecular weight is 417 g/mol. The molecule has 2 rings (SSSR count). The zero-order chi connectivity index (χ0) is 17.4.